The molecule has 1 fully saturated rings. The van der Waals surface area contributed by atoms with Gasteiger partial charge in [-0.2, -0.15) is 5.10 Å². The minimum absolute atomic E-state index is 0.316. The Hall–Kier alpha value is -2.41. The molecule has 1 aliphatic rings. The summed E-state index contributed by atoms with van der Waals surface area (Å²) in [5.74, 6) is 0. The third-order valence-corrected chi connectivity index (χ3v) is 3.91. The number of anilines is 1. The van der Waals surface area contributed by atoms with Crippen LogP contribution in [0.25, 0.3) is 0 Å². The van der Waals surface area contributed by atoms with Gasteiger partial charge in [-0.15, -0.1) is 0 Å². The molecule has 0 aromatic carbocycles. The molecule has 2 aromatic heterocycles. The highest BCUT2D eigenvalue weighted by Crippen LogP contribution is 2.56. The lowest BCUT2D eigenvalue weighted by atomic mass is 9.90. The Morgan fingerprint density at radius 3 is 2.67 bits per heavy atom. The molecule has 7 heteroatoms. The van der Waals surface area contributed by atoms with Crippen molar-refractivity contribution in [3.05, 3.63) is 42.0 Å². The third-order valence-electron chi connectivity index (χ3n) is 3.91. The summed E-state index contributed by atoms with van der Waals surface area (Å²) >= 11 is 0. The molecule has 0 bridgehead atoms. The van der Waals surface area contributed by atoms with E-state index < -0.39 is 12.2 Å². The van der Waals surface area contributed by atoms with E-state index in [1.54, 1.807) is 23.0 Å². The van der Waals surface area contributed by atoms with Crippen molar-refractivity contribution in [1.29, 1.82) is 0 Å². The molecule has 0 saturated heterocycles. The van der Waals surface area contributed by atoms with Crippen molar-refractivity contribution in [3.63, 3.8) is 0 Å². The van der Waals surface area contributed by atoms with Crippen molar-refractivity contribution in [2.24, 2.45) is 7.05 Å². The van der Waals surface area contributed by atoms with Crippen LogP contribution in [0.15, 0.2) is 30.7 Å². The van der Waals surface area contributed by atoms with E-state index >= 15 is 0 Å². The quantitative estimate of drug-likeness (QED) is 0.794. The second kappa shape index (κ2) is 4.85. The number of nitrogens with zero attached hydrogens (tertiary/aromatic N) is 3. The van der Waals surface area contributed by atoms with E-state index in [0.29, 0.717) is 11.4 Å². The first-order valence-corrected chi connectivity index (χ1v) is 6.64. The fourth-order valence-corrected chi connectivity index (χ4v) is 2.58. The summed E-state index contributed by atoms with van der Waals surface area (Å²) in [4.78, 5) is 14.7. The Morgan fingerprint density at radius 2 is 2.19 bits per heavy atom. The molecule has 21 heavy (non-hydrogen) atoms. The number of hydrogen-bond donors (Lipinski definition) is 3. The van der Waals surface area contributed by atoms with Gasteiger partial charge in [-0.25, -0.2) is 4.79 Å². The SMILES string of the molecule is Cn1cc(C2(C(O)c3ccc(NC(=O)O)cn3)CC2)cn1. The average molecular weight is 288 g/mol. The van der Waals surface area contributed by atoms with E-state index in [0.717, 1.165) is 18.4 Å². The molecule has 0 radical (unpaired) electrons. The molecule has 3 rings (SSSR count). The van der Waals surface area contributed by atoms with Gasteiger partial charge in [0.15, 0.2) is 0 Å². The molecule has 1 saturated carbocycles. The molecule has 1 atom stereocenters. The van der Waals surface area contributed by atoms with Crippen LogP contribution in [0.1, 0.15) is 30.2 Å². The Labute approximate surface area is 121 Å². The van der Waals surface area contributed by atoms with E-state index in [1.807, 2.05) is 13.2 Å². The Morgan fingerprint density at radius 1 is 1.43 bits per heavy atom. The summed E-state index contributed by atoms with van der Waals surface area (Å²) < 4.78 is 1.72. The predicted molar refractivity (Wildman–Crippen MR) is 75.0 cm³/mol. The minimum atomic E-state index is -1.14. The van der Waals surface area contributed by atoms with Gasteiger partial charge in [0.1, 0.15) is 6.10 Å². The monoisotopic (exact) mass is 288 g/mol. The van der Waals surface area contributed by atoms with Crippen molar-refractivity contribution in [2.75, 3.05) is 5.32 Å². The molecule has 2 aromatic rings. The summed E-state index contributed by atoms with van der Waals surface area (Å²) in [5, 5.41) is 25.6. The number of hydrogen-bond acceptors (Lipinski definition) is 4. The van der Waals surface area contributed by atoms with Crippen LogP contribution in [0.2, 0.25) is 0 Å². The second-order valence-electron chi connectivity index (χ2n) is 5.36. The van der Waals surface area contributed by atoms with Crippen molar-refractivity contribution >= 4 is 11.8 Å². The van der Waals surface area contributed by atoms with Crippen LogP contribution >= 0.6 is 0 Å². The van der Waals surface area contributed by atoms with E-state index in [2.05, 4.69) is 15.4 Å². The van der Waals surface area contributed by atoms with Crippen LogP contribution < -0.4 is 5.32 Å². The summed E-state index contributed by atoms with van der Waals surface area (Å²) in [7, 11) is 1.84. The van der Waals surface area contributed by atoms with Gasteiger partial charge in [-0.1, -0.05) is 0 Å². The third kappa shape index (κ3) is 2.47. The molecule has 110 valence electrons. The van der Waals surface area contributed by atoms with Gasteiger partial charge in [0.2, 0.25) is 0 Å². The van der Waals surface area contributed by atoms with Crippen LogP contribution in [0.3, 0.4) is 0 Å². The van der Waals surface area contributed by atoms with Gasteiger partial charge in [0.25, 0.3) is 0 Å². The molecule has 1 unspecified atom stereocenters. The molecule has 0 aliphatic heterocycles. The summed E-state index contributed by atoms with van der Waals surface area (Å²) in [5.41, 5.74) is 1.60. The molecule has 1 aliphatic carbocycles. The Kier molecular flexibility index (Phi) is 3.13. The van der Waals surface area contributed by atoms with Gasteiger partial charge in [0.05, 0.1) is 23.8 Å². The number of aliphatic hydroxyl groups excluding tert-OH is 1. The maximum Gasteiger partial charge on any atom is 0.409 e. The first-order chi connectivity index (χ1) is 10.0. The second-order valence-corrected chi connectivity index (χ2v) is 5.36. The first kappa shape index (κ1) is 13.6. The number of pyridine rings is 1. The predicted octanol–water partition coefficient (Wildman–Crippen LogP) is 1.67. The normalized spacial score (nSPS) is 17.2. The zero-order valence-electron chi connectivity index (χ0n) is 11.5. The molecule has 0 spiro atoms. The topological polar surface area (TPSA) is 100 Å². The first-order valence-electron chi connectivity index (χ1n) is 6.64. The molecular weight excluding hydrogens is 272 g/mol. The van der Waals surface area contributed by atoms with Crippen molar-refractivity contribution in [1.82, 2.24) is 14.8 Å². The van der Waals surface area contributed by atoms with Gasteiger partial charge in [-0.3, -0.25) is 15.0 Å². The maximum atomic E-state index is 10.6. The standard InChI is InChI=1S/C14H16N4O3/c1-18-8-9(6-16-18)14(4-5-14)12(19)11-3-2-10(7-15-11)17-13(20)21/h2-3,6-8,12,17,19H,4-5H2,1H3,(H,20,21). The maximum absolute atomic E-state index is 10.6. The fourth-order valence-electron chi connectivity index (χ4n) is 2.58. The van der Waals surface area contributed by atoms with Crippen molar-refractivity contribution < 1.29 is 15.0 Å². The van der Waals surface area contributed by atoms with Crippen LogP contribution in [0.4, 0.5) is 10.5 Å². The Bertz CT molecular complexity index is 661. The molecule has 7 nitrogen and oxygen atoms in total. The zero-order chi connectivity index (χ0) is 15.0. The number of aryl methyl sites for hydroxylation is 1. The lowest BCUT2D eigenvalue weighted by molar-refractivity contribution is 0.128. The summed E-state index contributed by atoms with van der Waals surface area (Å²) in [6.07, 6.45) is 5.01. The molecule has 1 amide bonds. The highest BCUT2D eigenvalue weighted by atomic mass is 16.4. The Balaban J connectivity index is 1.82. The smallest absolute Gasteiger partial charge is 0.409 e. The number of nitrogens with one attached hydrogen (secondary N) is 1. The van der Waals surface area contributed by atoms with Gasteiger partial charge in [-0.05, 0) is 30.5 Å². The van der Waals surface area contributed by atoms with E-state index in [9.17, 15) is 9.90 Å². The van der Waals surface area contributed by atoms with Gasteiger partial charge < -0.3 is 10.2 Å². The number of aliphatic hydroxyl groups is 1. The van der Waals surface area contributed by atoms with Gasteiger partial charge in [0, 0.05) is 18.7 Å². The average Bonchev–Trinajstić information content (AvgIpc) is 3.15. The van der Waals surface area contributed by atoms with E-state index in [-0.39, 0.29) is 5.41 Å². The zero-order valence-corrected chi connectivity index (χ0v) is 11.5. The van der Waals surface area contributed by atoms with Crippen LogP contribution in [-0.4, -0.2) is 31.1 Å². The fraction of sp³-hybridized carbons (Fsp3) is 0.357. The summed E-state index contributed by atoms with van der Waals surface area (Å²) in [6, 6.07) is 3.24. The number of carbonyl (C=O) groups is 1. The number of aromatic nitrogens is 3. The highest BCUT2D eigenvalue weighted by molar-refractivity contribution is 5.82. The number of carboxylic acid groups (broad SMARTS) is 1. The largest absolute Gasteiger partial charge is 0.465 e. The van der Waals surface area contributed by atoms with Gasteiger partial charge >= 0.3 is 6.09 Å². The molecular formula is C14H16N4O3. The van der Waals surface area contributed by atoms with Crippen molar-refractivity contribution in [3.8, 4) is 0 Å². The lowest BCUT2D eigenvalue weighted by Crippen LogP contribution is -2.19. The number of rotatable bonds is 4. The molecule has 2 heterocycles. The summed E-state index contributed by atoms with van der Waals surface area (Å²) in [6.45, 7) is 0. The molecule has 3 N–H and O–H groups in total. The highest BCUT2D eigenvalue weighted by Gasteiger charge is 2.52. The van der Waals surface area contributed by atoms with Crippen LogP contribution in [0.5, 0.6) is 0 Å². The van der Waals surface area contributed by atoms with Crippen LogP contribution in [0, 0.1) is 0 Å². The number of amides is 1. The van der Waals surface area contributed by atoms with Crippen molar-refractivity contribution in [2.45, 2.75) is 24.4 Å². The van der Waals surface area contributed by atoms with E-state index in [1.165, 1.54) is 6.20 Å². The lowest BCUT2D eigenvalue weighted by Gasteiger charge is -2.20. The van der Waals surface area contributed by atoms with E-state index in [4.69, 9.17) is 5.11 Å². The van der Waals surface area contributed by atoms with Crippen LogP contribution in [-0.2, 0) is 12.5 Å². The minimum Gasteiger partial charge on any atom is -0.465 e.